The summed E-state index contributed by atoms with van der Waals surface area (Å²) in [5.41, 5.74) is 0.888. The van der Waals surface area contributed by atoms with Gasteiger partial charge in [-0.2, -0.15) is 0 Å². The van der Waals surface area contributed by atoms with Crippen LogP contribution in [0.2, 0.25) is 0 Å². The van der Waals surface area contributed by atoms with E-state index in [0.29, 0.717) is 0 Å². The van der Waals surface area contributed by atoms with E-state index >= 15 is 0 Å². The molecule has 90 valence electrons. The number of aliphatic hydroxyl groups is 1. The van der Waals surface area contributed by atoms with Gasteiger partial charge in [0.05, 0.1) is 6.10 Å². The molecule has 0 spiro atoms. The van der Waals surface area contributed by atoms with Crippen LogP contribution in [-0.2, 0) is 8.85 Å². The van der Waals surface area contributed by atoms with Gasteiger partial charge in [-0.15, -0.1) is 0 Å². The zero-order chi connectivity index (χ0) is 11.8. The molecule has 1 N–H and O–H groups in total. The summed E-state index contributed by atoms with van der Waals surface area (Å²) >= 11 is 0. The predicted octanol–water partition coefficient (Wildman–Crippen LogP) is 1.55. The van der Waals surface area contributed by atoms with E-state index in [1.165, 1.54) is 0 Å². The van der Waals surface area contributed by atoms with Gasteiger partial charge in [-0.3, -0.25) is 0 Å². The maximum Gasteiger partial charge on any atom is 0.304 e. The number of rotatable bonds is 7. The van der Waals surface area contributed by atoms with Gasteiger partial charge in [0.15, 0.2) is 0 Å². The molecule has 0 fully saturated rings. The second-order valence-electron chi connectivity index (χ2n) is 3.75. The molecule has 1 aromatic rings. The number of aliphatic hydroxyl groups excluding tert-OH is 1. The highest BCUT2D eigenvalue weighted by molar-refractivity contribution is 6.18. The Bertz CT molecular complexity index is 279. The minimum Gasteiger partial charge on any atom is -0.399 e. The van der Waals surface area contributed by atoms with Gasteiger partial charge >= 0.3 is 10.0 Å². The van der Waals surface area contributed by atoms with Crippen molar-refractivity contribution in [1.82, 2.24) is 0 Å². The smallest absolute Gasteiger partial charge is 0.304 e. The molecule has 0 saturated carbocycles. The van der Waals surface area contributed by atoms with Crippen molar-refractivity contribution >= 4 is 10.0 Å². The second-order valence-corrected chi connectivity index (χ2v) is 4.73. The molecule has 0 aliphatic rings. The highest BCUT2D eigenvalue weighted by Crippen LogP contribution is 2.17. The molecule has 3 nitrogen and oxygen atoms in total. The molecular formula is C12H20O3Si. The van der Waals surface area contributed by atoms with Gasteiger partial charge in [0.2, 0.25) is 0 Å². The molecule has 2 unspecified atom stereocenters. The van der Waals surface area contributed by atoms with Crippen LogP contribution in [0.15, 0.2) is 30.3 Å². The van der Waals surface area contributed by atoms with Gasteiger partial charge in [-0.25, -0.2) is 0 Å². The standard InChI is InChI=1S/C12H20O3Si/c1-3-9-14-16-15-10(2)12(13)11-7-5-4-6-8-11/h4-8,10,12-13H,3,9,16H2,1-2H3. The first-order valence-electron chi connectivity index (χ1n) is 5.68. The van der Waals surface area contributed by atoms with Crippen LogP contribution in [0.25, 0.3) is 0 Å². The summed E-state index contributed by atoms with van der Waals surface area (Å²) < 4.78 is 10.9. The van der Waals surface area contributed by atoms with Crippen LogP contribution >= 0.6 is 0 Å². The van der Waals surface area contributed by atoms with Crippen molar-refractivity contribution in [3.63, 3.8) is 0 Å². The summed E-state index contributed by atoms with van der Waals surface area (Å²) in [4.78, 5) is 0. The zero-order valence-corrected chi connectivity index (χ0v) is 11.3. The lowest BCUT2D eigenvalue weighted by atomic mass is 10.1. The number of hydrogen-bond donors (Lipinski definition) is 1. The second kappa shape index (κ2) is 7.57. The van der Waals surface area contributed by atoms with E-state index in [-0.39, 0.29) is 6.10 Å². The quantitative estimate of drug-likeness (QED) is 0.580. The van der Waals surface area contributed by atoms with E-state index in [1.54, 1.807) is 0 Å². The molecule has 0 aliphatic carbocycles. The third kappa shape index (κ3) is 4.45. The molecule has 1 aromatic carbocycles. The minimum absolute atomic E-state index is 0.203. The Hall–Kier alpha value is -0.683. The van der Waals surface area contributed by atoms with Gasteiger partial charge in [-0.05, 0) is 18.9 Å². The van der Waals surface area contributed by atoms with Gasteiger partial charge < -0.3 is 14.0 Å². The van der Waals surface area contributed by atoms with E-state index in [9.17, 15) is 5.11 Å². The Morgan fingerprint density at radius 3 is 2.62 bits per heavy atom. The molecule has 0 aromatic heterocycles. The van der Waals surface area contributed by atoms with Crippen molar-refractivity contribution in [2.24, 2.45) is 0 Å². The maximum absolute atomic E-state index is 9.99. The highest BCUT2D eigenvalue weighted by atomic mass is 28.3. The number of benzene rings is 1. The topological polar surface area (TPSA) is 38.7 Å². The van der Waals surface area contributed by atoms with Crippen molar-refractivity contribution in [2.75, 3.05) is 6.61 Å². The lowest BCUT2D eigenvalue weighted by Gasteiger charge is -2.19. The van der Waals surface area contributed by atoms with Gasteiger partial charge in [0.25, 0.3) is 0 Å². The first-order chi connectivity index (χ1) is 7.75. The Morgan fingerprint density at radius 2 is 2.00 bits per heavy atom. The summed E-state index contributed by atoms with van der Waals surface area (Å²) in [5.74, 6) is 0. The average Bonchev–Trinajstić information content (AvgIpc) is 2.34. The predicted molar refractivity (Wildman–Crippen MR) is 66.7 cm³/mol. The molecule has 4 heteroatoms. The minimum atomic E-state index is -0.955. The average molecular weight is 240 g/mol. The molecule has 1 rings (SSSR count). The van der Waals surface area contributed by atoms with Crippen LogP contribution in [0.5, 0.6) is 0 Å². The van der Waals surface area contributed by atoms with Crippen molar-refractivity contribution in [1.29, 1.82) is 0 Å². The molecule has 0 amide bonds. The van der Waals surface area contributed by atoms with Crippen LogP contribution in [0.4, 0.5) is 0 Å². The Morgan fingerprint density at radius 1 is 1.31 bits per heavy atom. The summed E-state index contributed by atoms with van der Waals surface area (Å²) in [5, 5.41) is 9.99. The van der Waals surface area contributed by atoms with Crippen LogP contribution in [0, 0.1) is 0 Å². The highest BCUT2D eigenvalue weighted by Gasteiger charge is 2.16. The first-order valence-corrected chi connectivity index (χ1v) is 6.83. The third-order valence-corrected chi connectivity index (χ3v) is 3.47. The van der Waals surface area contributed by atoms with Crippen molar-refractivity contribution in [2.45, 2.75) is 32.5 Å². The molecular weight excluding hydrogens is 220 g/mol. The van der Waals surface area contributed by atoms with E-state index < -0.39 is 16.1 Å². The lowest BCUT2D eigenvalue weighted by molar-refractivity contribution is 0.0348. The van der Waals surface area contributed by atoms with E-state index in [0.717, 1.165) is 18.6 Å². The largest absolute Gasteiger partial charge is 0.399 e. The van der Waals surface area contributed by atoms with E-state index in [2.05, 4.69) is 6.92 Å². The molecule has 0 aliphatic heterocycles. The molecule has 0 bridgehead atoms. The monoisotopic (exact) mass is 240 g/mol. The van der Waals surface area contributed by atoms with Gasteiger partial charge in [-0.1, -0.05) is 37.3 Å². The first kappa shape index (κ1) is 13.4. The summed E-state index contributed by atoms with van der Waals surface area (Å²) in [6.45, 7) is 4.69. The zero-order valence-electron chi connectivity index (χ0n) is 9.93. The number of hydrogen-bond acceptors (Lipinski definition) is 3. The normalized spacial score (nSPS) is 15.4. The fraction of sp³-hybridized carbons (Fsp3) is 0.500. The SMILES string of the molecule is CCCO[SiH2]OC(C)C(O)c1ccccc1. The summed E-state index contributed by atoms with van der Waals surface area (Å²) in [6, 6.07) is 9.56. The fourth-order valence-corrected chi connectivity index (χ4v) is 2.27. The molecule has 2 atom stereocenters. The molecule has 16 heavy (non-hydrogen) atoms. The van der Waals surface area contributed by atoms with Crippen molar-refractivity contribution < 1.29 is 14.0 Å². The van der Waals surface area contributed by atoms with Crippen molar-refractivity contribution in [3.8, 4) is 0 Å². The maximum atomic E-state index is 9.99. The molecule has 0 radical (unpaired) electrons. The van der Waals surface area contributed by atoms with Gasteiger partial charge in [0, 0.05) is 6.61 Å². The fourth-order valence-electron chi connectivity index (χ4n) is 1.37. The molecule has 0 heterocycles. The Kier molecular flexibility index (Phi) is 6.33. The van der Waals surface area contributed by atoms with Crippen LogP contribution in [0.3, 0.4) is 0 Å². The van der Waals surface area contributed by atoms with Crippen LogP contribution in [0.1, 0.15) is 31.9 Å². The van der Waals surface area contributed by atoms with Crippen molar-refractivity contribution in [3.05, 3.63) is 35.9 Å². The summed E-state index contributed by atoms with van der Waals surface area (Å²) in [7, 11) is -0.955. The molecule has 0 saturated heterocycles. The van der Waals surface area contributed by atoms with Gasteiger partial charge in [0.1, 0.15) is 6.10 Å². The van der Waals surface area contributed by atoms with Crippen LogP contribution < -0.4 is 0 Å². The Labute approximate surface area is 99.5 Å². The van der Waals surface area contributed by atoms with E-state index in [1.807, 2.05) is 37.3 Å². The third-order valence-electron chi connectivity index (χ3n) is 2.35. The lowest BCUT2D eigenvalue weighted by Crippen LogP contribution is -2.22. The van der Waals surface area contributed by atoms with Crippen LogP contribution in [-0.4, -0.2) is 27.8 Å². The summed E-state index contributed by atoms with van der Waals surface area (Å²) in [6.07, 6.45) is 0.233. The van der Waals surface area contributed by atoms with E-state index in [4.69, 9.17) is 8.85 Å². The Balaban J connectivity index is 2.33.